The van der Waals surface area contributed by atoms with E-state index in [1.807, 2.05) is 7.05 Å². The molecule has 0 saturated heterocycles. The Morgan fingerprint density at radius 1 is 1.36 bits per heavy atom. The molecule has 0 heterocycles. The molecule has 4 nitrogen and oxygen atoms in total. The Balaban J connectivity index is 3.84. The lowest BCUT2D eigenvalue weighted by molar-refractivity contribution is -0.119. The van der Waals surface area contributed by atoms with Crippen LogP contribution in [0.25, 0.3) is 0 Å². The van der Waals surface area contributed by atoms with Crippen molar-refractivity contribution in [2.75, 3.05) is 13.6 Å². The van der Waals surface area contributed by atoms with Crippen LogP contribution in [0.1, 0.15) is 27.2 Å². The van der Waals surface area contributed by atoms with Crippen molar-refractivity contribution in [2.24, 2.45) is 17.4 Å². The molecule has 0 spiro atoms. The van der Waals surface area contributed by atoms with E-state index in [9.17, 15) is 4.79 Å². The summed E-state index contributed by atoms with van der Waals surface area (Å²) in [6.45, 7) is 7.33. The van der Waals surface area contributed by atoms with Crippen LogP contribution in [0.2, 0.25) is 0 Å². The van der Waals surface area contributed by atoms with Crippen LogP contribution in [-0.4, -0.2) is 36.5 Å². The zero-order valence-electron chi connectivity index (χ0n) is 9.66. The molecule has 0 aliphatic heterocycles. The molecule has 0 fully saturated rings. The van der Waals surface area contributed by atoms with E-state index in [-0.39, 0.29) is 0 Å². The van der Waals surface area contributed by atoms with Crippen molar-refractivity contribution in [3.63, 3.8) is 0 Å². The Labute approximate surface area is 86.6 Å². The normalized spacial score (nSPS) is 15.9. The highest BCUT2D eigenvalue weighted by Gasteiger charge is 2.15. The molecule has 1 amide bonds. The number of rotatable bonds is 6. The summed E-state index contributed by atoms with van der Waals surface area (Å²) in [5.41, 5.74) is 10.6. The molecule has 0 radical (unpaired) electrons. The molecule has 2 unspecified atom stereocenters. The Morgan fingerprint density at radius 2 is 1.86 bits per heavy atom. The van der Waals surface area contributed by atoms with Crippen LogP contribution >= 0.6 is 0 Å². The molecule has 4 N–H and O–H groups in total. The van der Waals surface area contributed by atoms with E-state index in [0.29, 0.717) is 18.4 Å². The quantitative estimate of drug-likeness (QED) is 0.643. The third-order valence-corrected chi connectivity index (χ3v) is 2.82. The van der Waals surface area contributed by atoms with Gasteiger partial charge in [0.1, 0.15) is 0 Å². The molecule has 14 heavy (non-hydrogen) atoms. The SMILES string of the molecule is CC(C)C(C)N(C)CCC(N)C(N)=O. The van der Waals surface area contributed by atoms with E-state index in [1.165, 1.54) is 0 Å². The molecule has 0 aliphatic carbocycles. The number of carbonyl (C=O) groups is 1. The van der Waals surface area contributed by atoms with Crippen molar-refractivity contribution in [3.8, 4) is 0 Å². The van der Waals surface area contributed by atoms with Gasteiger partial charge in [-0.05, 0) is 26.3 Å². The maximum Gasteiger partial charge on any atom is 0.234 e. The summed E-state index contributed by atoms with van der Waals surface area (Å²) >= 11 is 0. The number of nitrogens with two attached hydrogens (primary N) is 2. The summed E-state index contributed by atoms with van der Waals surface area (Å²) in [5.74, 6) is 0.181. The monoisotopic (exact) mass is 201 g/mol. The minimum absolute atomic E-state index is 0.421. The third-order valence-electron chi connectivity index (χ3n) is 2.82. The number of hydrogen-bond acceptors (Lipinski definition) is 3. The first-order chi connectivity index (χ1) is 6.36. The number of amides is 1. The van der Waals surface area contributed by atoms with E-state index in [0.717, 1.165) is 6.54 Å². The Morgan fingerprint density at radius 3 is 2.21 bits per heavy atom. The second-order valence-electron chi connectivity index (χ2n) is 4.26. The fourth-order valence-electron chi connectivity index (χ4n) is 1.20. The first-order valence-electron chi connectivity index (χ1n) is 5.11. The van der Waals surface area contributed by atoms with Gasteiger partial charge in [0, 0.05) is 12.6 Å². The number of primary amides is 1. The van der Waals surface area contributed by atoms with E-state index in [1.54, 1.807) is 0 Å². The highest BCUT2D eigenvalue weighted by atomic mass is 16.1. The predicted octanol–water partition coefficient (Wildman–Crippen LogP) is 0.165. The van der Waals surface area contributed by atoms with Crippen LogP contribution in [0, 0.1) is 5.92 Å². The van der Waals surface area contributed by atoms with Crippen molar-refractivity contribution in [1.29, 1.82) is 0 Å². The smallest absolute Gasteiger partial charge is 0.234 e. The molecular formula is C10H23N3O. The Kier molecular flexibility index (Phi) is 5.72. The molecule has 0 rings (SSSR count). The minimum Gasteiger partial charge on any atom is -0.368 e. The molecule has 0 aromatic rings. The fourth-order valence-corrected chi connectivity index (χ4v) is 1.20. The van der Waals surface area contributed by atoms with Crippen molar-refractivity contribution in [1.82, 2.24) is 4.90 Å². The maximum atomic E-state index is 10.7. The van der Waals surface area contributed by atoms with Crippen LogP contribution in [0.15, 0.2) is 0 Å². The molecular weight excluding hydrogens is 178 g/mol. The molecule has 0 saturated carbocycles. The molecule has 0 bridgehead atoms. The Bertz CT molecular complexity index is 182. The predicted molar refractivity (Wildman–Crippen MR) is 58.7 cm³/mol. The molecule has 0 aromatic heterocycles. The molecule has 4 heteroatoms. The number of carbonyl (C=O) groups excluding carboxylic acids is 1. The lowest BCUT2D eigenvalue weighted by atomic mass is 10.0. The average molecular weight is 201 g/mol. The van der Waals surface area contributed by atoms with Crippen molar-refractivity contribution in [3.05, 3.63) is 0 Å². The van der Waals surface area contributed by atoms with E-state index in [2.05, 4.69) is 25.7 Å². The van der Waals surface area contributed by atoms with E-state index >= 15 is 0 Å². The first kappa shape index (κ1) is 13.4. The van der Waals surface area contributed by atoms with E-state index in [4.69, 9.17) is 11.5 Å². The molecule has 0 aliphatic rings. The van der Waals surface area contributed by atoms with Gasteiger partial charge in [-0.2, -0.15) is 0 Å². The highest BCUT2D eigenvalue weighted by molar-refractivity contribution is 5.79. The second-order valence-corrected chi connectivity index (χ2v) is 4.26. The number of nitrogens with zero attached hydrogens (tertiary/aromatic N) is 1. The van der Waals surface area contributed by atoms with Gasteiger partial charge in [0.15, 0.2) is 0 Å². The van der Waals surface area contributed by atoms with Gasteiger partial charge in [-0.25, -0.2) is 0 Å². The van der Waals surface area contributed by atoms with Crippen LogP contribution in [-0.2, 0) is 4.79 Å². The van der Waals surface area contributed by atoms with Gasteiger partial charge < -0.3 is 16.4 Å². The van der Waals surface area contributed by atoms with Gasteiger partial charge in [-0.3, -0.25) is 4.79 Å². The summed E-state index contributed by atoms with van der Waals surface area (Å²) in [4.78, 5) is 12.9. The largest absolute Gasteiger partial charge is 0.368 e. The third kappa shape index (κ3) is 4.58. The van der Waals surface area contributed by atoms with Crippen molar-refractivity contribution >= 4 is 5.91 Å². The van der Waals surface area contributed by atoms with Crippen molar-refractivity contribution in [2.45, 2.75) is 39.3 Å². The molecule has 84 valence electrons. The standard InChI is InChI=1S/C10H23N3O/c1-7(2)8(3)13(4)6-5-9(11)10(12)14/h7-9H,5-6,11H2,1-4H3,(H2,12,14). The van der Waals surface area contributed by atoms with Crippen molar-refractivity contribution < 1.29 is 4.79 Å². The van der Waals surface area contributed by atoms with Gasteiger partial charge >= 0.3 is 0 Å². The average Bonchev–Trinajstić information content (AvgIpc) is 2.11. The zero-order valence-corrected chi connectivity index (χ0v) is 9.66. The summed E-state index contributed by atoms with van der Waals surface area (Å²) < 4.78 is 0. The van der Waals surface area contributed by atoms with Gasteiger partial charge in [0.05, 0.1) is 6.04 Å². The number of hydrogen-bond donors (Lipinski definition) is 2. The summed E-state index contributed by atoms with van der Waals surface area (Å²) in [6.07, 6.45) is 0.628. The minimum atomic E-state index is -0.517. The summed E-state index contributed by atoms with van der Waals surface area (Å²) in [5, 5.41) is 0. The van der Waals surface area contributed by atoms with Crippen LogP contribution in [0.4, 0.5) is 0 Å². The van der Waals surface area contributed by atoms with E-state index < -0.39 is 11.9 Å². The van der Waals surface area contributed by atoms with Crippen LogP contribution in [0.5, 0.6) is 0 Å². The first-order valence-corrected chi connectivity index (χ1v) is 5.11. The second kappa shape index (κ2) is 5.98. The molecule has 2 atom stereocenters. The van der Waals surface area contributed by atoms with Gasteiger partial charge in [0.2, 0.25) is 5.91 Å². The summed E-state index contributed by atoms with van der Waals surface area (Å²) in [7, 11) is 2.04. The fraction of sp³-hybridized carbons (Fsp3) is 0.900. The topological polar surface area (TPSA) is 72.3 Å². The maximum absolute atomic E-state index is 10.7. The molecule has 0 aromatic carbocycles. The lowest BCUT2D eigenvalue weighted by Crippen LogP contribution is -2.41. The van der Waals surface area contributed by atoms with Crippen LogP contribution in [0.3, 0.4) is 0 Å². The Hall–Kier alpha value is -0.610. The zero-order chi connectivity index (χ0) is 11.3. The van der Waals surface area contributed by atoms with Gasteiger partial charge in [-0.1, -0.05) is 13.8 Å². The van der Waals surface area contributed by atoms with Gasteiger partial charge in [0.25, 0.3) is 0 Å². The highest BCUT2D eigenvalue weighted by Crippen LogP contribution is 2.08. The summed E-state index contributed by atoms with van der Waals surface area (Å²) in [6, 6.07) is -0.0214. The van der Waals surface area contributed by atoms with Crippen LogP contribution < -0.4 is 11.5 Å². The van der Waals surface area contributed by atoms with Gasteiger partial charge in [-0.15, -0.1) is 0 Å². The lowest BCUT2D eigenvalue weighted by Gasteiger charge is -2.28.